The molecule has 0 aliphatic carbocycles. The molecule has 78 valence electrons. The smallest absolute Gasteiger partial charge is 0.178 e. The Morgan fingerprint density at radius 2 is 2.53 bits per heavy atom. The van der Waals surface area contributed by atoms with Crippen molar-refractivity contribution in [3.8, 4) is 0 Å². The van der Waals surface area contributed by atoms with Crippen LogP contribution in [-0.4, -0.2) is 32.6 Å². The average molecular weight is 203 g/mol. The Morgan fingerprint density at radius 1 is 1.53 bits per heavy atom. The van der Waals surface area contributed by atoms with E-state index < -0.39 is 0 Å². The average Bonchev–Trinajstić information content (AvgIpc) is 2.89. The summed E-state index contributed by atoms with van der Waals surface area (Å²) in [7, 11) is 0. The number of rotatable bonds is 2. The summed E-state index contributed by atoms with van der Waals surface area (Å²) < 4.78 is 1.89. The Bertz CT molecular complexity index is 458. The van der Waals surface area contributed by atoms with Gasteiger partial charge in [0.1, 0.15) is 5.52 Å². The molecule has 15 heavy (non-hydrogen) atoms. The molecular formula is C10H13N5. The molecule has 5 heteroatoms. The van der Waals surface area contributed by atoms with Gasteiger partial charge in [-0.25, -0.2) is 9.67 Å². The quantitative estimate of drug-likeness (QED) is 0.775. The van der Waals surface area contributed by atoms with Crippen molar-refractivity contribution in [2.45, 2.75) is 25.4 Å². The summed E-state index contributed by atoms with van der Waals surface area (Å²) in [4.78, 5) is 4.29. The van der Waals surface area contributed by atoms with E-state index in [1.165, 1.54) is 12.8 Å². The Morgan fingerprint density at radius 3 is 3.40 bits per heavy atom. The highest BCUT2D eigenvalue weighted by molar-refractivity contribution is 5.68. The molecule has 1 atom stereocenters. The summed E-state index contributed by atoms with van der Waals surface area (Å²) in [5, 5.41) is 11.6. The number of nitrogens with zero attached hydrogens (tertiary/aromatic N) is 4. The molecule has 0 aromatic carbocycles. The van der Waals surface area contributed by atoms with Gasteiger partial charge in [-0.1, -0.05) is 5.21 Å². The first kappa shape index (κ1) is 8.79. The van der Waals surface area contributed by atoms with E-state index in [0.29, 0.717) is 6.04 Å². The van der Waals surface area contributed by atoms with Crippen LogP contribution in [-0.2, 0) is 6.54 Å². The summed E-state index contributed by atoms with van der Waals surface area (Å²) in [6.07, 6.45) is 4.25. The van der Waals surface area contributed by atoms with Gasteiger partial charge in [-0.15, -0.1) is 5.10 Å². The van der Waals surface area contributed by atoms with E-state index in [1.807, 2.05) is 16.8 Å². The molecule has 3 heterocycles. The Balaban J connectivity index is 1.90. The predicted octanol–water partition coefficient (Wildman–Crippen LogP) is 0.578. The molecule has 3 rings (SSSR count). The lowest BCUT2D eigenvalue weighted by Crippen LogP contribution is -2.27. The third-order valence-corrected chi connectivity index (χ3v) is 2.83. The Kier molecular flexibility index (Phi) is 2.10. The van der Waals surface area contributed by atoms with Crippen LogP contribution in [0.5, 0.6) is 0 Å². The molecule has 1 aliphatic rings. The van der Waals surface area contributed by atoms with Crippen molar-refractivity contribution < 1.29 is 0 Å². The molecule has 1 aliphatic heterocycles. The largest absolute Gasteiger partial charge is 0.312 e. The molecule has 2 aromatic rings. The summed E-state index contributed by atoms with van der Waals surface area (Å²) in [5.74, 6) is 0. The number of aromatic nitrogens is 4. The number of fused-ring (bicyclic) bond motifs is 1. The second-order valence-electron chi connectivity index (χ2n) is 3.91. The lowest BCUT2D eigenvalue weighted by Gasteiger charge is -2.09. The highest BCUT2D eigenvalue weighted by Gasteiger charge is 2.16. The predicted molar refractivity (Wildman–Crippen MR) is 56.3 cm³/mol. The minimum Gasteiger partial charge on any atom is -0.312 e. The van der Waals surface area contributed by atoms with Crippen molar-refractivity contribution in [1.82, 2.24) is 25.3 Å². The first-order valence-electron chi connectivity index (χ1n) is 5.31. The van der Waals surface area contributed by atoms with Crippen molar-refractivity contribution in [1.29, 1.82) is 0 Å². The van der Waals surface area contributed by atoms with E-state index in [9.17, 15) is 0 Å². The minimum absolute atomic E-state index is 0.525. The lowest BCUT2D eigenvalue weighted by molar-refractivity contribution is 0.474. The topological polar surface area (TPSA) is 55.6 Å². The van der Waals surface area contributed by atoms with E-state index in [4.69, 9.17) is 0 Å². The Hall–Kier alpha value is -1.49. The molecule has 5 nitrogen and oxygen atoms in total. The van der Waals surface area contributed by atoms with Gasteiger partial charge in [0.2, 0.25) is 0 Å². The molecule has 0 unspecified atom stereocenters. The molecule has 1 N–H and O–H groups in total. The summed E-state index contributed by atoms with van der Waals surface area (Å²) in [6, 6.07) is 4.35. The molecule has 0 bridgehead atoms. The molecule has 0 spiro atoms. The second-order valence-corrected chi connectivity index (χ2v) is 3.91. The summed E-state index contributed by atoms with van der Waals surface area (Å²) >= 11 is 0. The maximum absolute atomic E-state index is 4.29. The molecule has 1 fully saturated rings. The van der Waals surface area contributed by atoms with E-state index in [1.54, 1.807) is 6.20 Å². The van der Waals surface area contributed by atoms with Gasteiger partial charge in [0.25, 0.3) is 0 Å². The SMILES string of the molecule is c1cnc2c(c1)nnn2C[C@@H]1CCCN1. The van der Waals surface area contributed by atoms with Gasteiger partial charge in [-0.05, 0) is 31.5 Å². The molecular weight excluding hydrogens is 190 g/mol. The third-order valence-electron chi connectivity index (χ3n) is 2.83. The minimum atomic E-state index is 0.525. The zero-order valence-corrected chi connectivity index (χ0v) is 8.43. The van der Waals surface area contributed by atoms with Crippen LogP contribution in [0.3, 0.4) is 0 Å². The number of nitrogens with one attached hydrogen (secondary N) is 1. The second kappa shape index (κ2) is 3.58. The van der Waals surface area contributed by atoms with E-state index >= 15 is 0 Å². The summed E-state index contributed by atoms with van der Waals surface area (Å²) in [5.41, 5.74) is 1.75. The van der Waals surface area contributed by atoms with Gasteiger partial charge < -0.3 is 5.32 Å². The fraction of sp³-hybridized carbons (Fsp3) is 0.500. The van der Waals surface area contributed by atoms with Crippen molar-refractivity contribution >= 4 is 11.2 Å². The number of pyridine rings is 1. The number of hydrogen-bond donors (Lipinski definition) is 1. The van der Waals surface area contributed by atoms with Gasteiger partial charge >= 0.3 is 0 Å². The van der Waals surface area contributed by atoms with E-state index in [2.05, 4.69) is 20.6 Å². The van der Waals surface area contributed by atoms with Crippen molar-refractivity contribution in [2.24, 2.45) is 0 Å². The van der Waals surface area contributed by atoms with E-state index in [-0.39, 0.29) is 0 Å². The van der Waals surface area contributed by atoms with Crippen LogP contribution < -0.4 is 5.32 Å². The van der Waals surface area contributed by atoms with Gasteiger partial charge in [0, 0.05) is 12.2 Å². The van der Waals surface area contributed by atoms with Gasteiger partial charge in [0.05, 0.1) is 6.54 Å². The zero-order chi connectivity index (χ0) is 10.1. The van der Waals surface area contributed by atoms with Crippen LogP contribution in [0, 0.1) is 0 Å². The van der Waals surface area contributed by atoms with Crippen LogP contribution in [0.1, 0.15) is 12.8 Å². The zero-order valence-electron chi connectivity index (χ0n) is 8.43. The standard InChI is InChI=1S/C10H13N5/c1-3-8(11-5-1)7-15-10-9(13-14-15)4-2-6-12-10/h2,4,6,8,11H,1,3,5,7H2/t8-/m0/s1. The molecule has 2 aromatic heterocycles. The van der Waals surface area contributed by atoms with Gasteiger partial charge in [0.15, 0.2) is 5.65 Å². The first-order valence-corrected chi connectivity index (χ1v) is 5.31. The van der Waals surface area contributed by atoms with Crippen LogP contribution in [0.15, 0.2) is 18.3 Å². The monoisotopic (exact) mass is 203 g/mol. The van der Waals surface area contributed by atoms with Crippen LogP contribution in [0.2, 0.25) is 0 Å². The highest BCUT2D eigenvalue weighted by atomic mass is 15.4. The molecule has 0 saturated carbocycles. The fourth-order valence-corrected chi connectivity index (χ4v) is 2.05. The van der Waals surface area contributed by atoms with Crippen molar-refractivity contribution in [3.63, 3.8) is 0 Å². The van der Waals surface area contributed by atoms with Crippen LogP contribution in [0.4, 0.5) is 0 Å². The van der Waals surface area contributed by atoms with Crippen LogP contribution in [0.25, 0.3) is 11.2 Å². The Labute approximate surface area is 87.5 Å². The summed E-state index contributed by atoms with van der Waals surface area (Å²) in [6.45, 7) is 1.98. The molecule has 1 saturated heterocycles. The van der Waals surface area contributed by atoms with Gasteiger partial charge in [-0.3, -0.25) is 0 Å². The highest BCUT2D eigenvalue weighted by Crippen LogP contribution is 2.11. The maximum Gasteiger partial charge on any atom is 0.178 e. The molecule has 0 amide bonds. The van der Waals surface area contributed by atoms with Crippen molar-refractivity contribution in [2.75, 3.05) is 6.54 Å². The normalized spacial score (nSPS) is 21.2. The van der Waals surface area contributed by atoms with Crippen LogP contribution >= 0.6 is 0 Å². The van der Waals surface area contributed by atoms with Crippen molar-refractivity contribution in [3.05, 3.63) is 18.3 Å². The fourth-order valence-electron chi connectivity index (χ4n) is 2.05. The maximum atomic E-state index is 4.29. The molecule has 0 radical (unpaired) electrons. The lowest BCUT2D eigenvalue weighted by atomic mass is 10.2. The first-order chi connectivity index (χ1) is 7.43. The van der Waals surface area contributed by atoms with E-state index in [0.717, 1.165) is 24.3 Å². The van der Waals surface area contributed by atoms with Gasteiger partial charge in [-0.2, -0.15) is 0 Å². The number of hydrogen-bond acceptors (Lipinski definition) is 4. The third kappa shape index (κ3) is 1.59.